The van der Waals surface area contributed by atoms with E-state index < -0.39 is 23.8 Å². The van der Waals surface area contributed by atoms with Crippen molar-refractivity contribution in [1.29, 1.82) is 5.26 Å². The van der Waals surface area contributed by atoms with Crippen LogP contribution in [0.1, 0.15) is 109 Å². The maximum atomic E-state index is 13.5. The Hall–Kier alpha value is -5.41. The molecule has 3 saturated heterocycles. The molecule has 1 unspecified atom stereocenters. The van der Waals surface area contributed by atoms with Crippen LogP contribution in [0.4, 0.5) is 11.4 Å². The zero-order chi connectivity index (χ0) is 42.3. The van der Waals surface area contributed by atoms with Crippen molar-refractivity contribution >= 4 is 52.5 Å². The molecule has 5 fully saturated rings. The first kappa shape index (κ1) is 40.0. The summed E-state index contributed by atoms with van der Waals surface area (Å²) < 4.78 is 6.39. The molecule has 0 radical (unpaired) electrons. The van der Waals surface area contributed by atoms with Crippen LogP contribution in [-0.4, -0.2) is 78.8 Å². The second kappa shape index (κ2) is 14.6. The van der Waals surface area contributed by atoms with E-state index in [-0.39, 0.29) is 47.6 Å². The van der Waals surface area contributed by atoms with Gasteiger partial charge in [0, 0.05) is 77.9 Å². The van der Waals surface area contributed by atoms with Gasteiger partial charge in [0.05, 0.1) is 21.7 Å². The maximum absolute atomic E-state index is 13.5. The first-order valence-corrected chi connectivity index (χ1v) is 21.6. The minimum atomic E-state index is -0.963. The number of benzene rings is 3. The largest absolute Gasteiger partial charge is 0.489 e. The van der Waals surface area contributed by atoms with E-state index in [2.05, 4.69) is 66.3 Å². The molecule has 5 amide bonds. The van der Waals surface area contributed by atoms with E-state index in [1.54, 1.807) is 30.3 Å². The Morgan fingerprint density at radius 1 is 0.850 bits per heavy atom. The van der Waals surface area contributed by atoms with Crippen molar-refractivity contribution in [2.24, 2.45) is 28.1 Å². The van der Waals surface area contributed by atoms with Gasteiger partial charge in [-0.15, -0.1) is 0 Å². The molecule has 3 aromatic rings. The quantitative estimate of drug-likeness (QED) is 0.223. The molecule has 4 heterocycles. The van der Waals surface area contributed by atoms with Crippen LogP contribution in [-0.2, 0) is 9.59 Å². The third-order valence-electron chi connectivity index (χ3n) is 14.5. The van der Waals surface area contributed by atoms with Gasteiger partial charge in [-0.2, -0.15) is 5.26 Å². The SMILES string of the molecule is CC1(C)C(NC(=O)c2ccc(N3CC4(CC(CC5CCN(c6ccc7c(c6)C(=O)N(C6CCC(=O)NC6=O)C7=O)CC5)C4)C3)cc2)C(C)(C)C1Oc1ccc(C#N)c(Cl)c1. The topological polar surface area (TPSA) is 152 Å². The van der Waals surface area contributed by atoms with Crippen molar-refractivity contribution in [2.75, 3.05) is 36.0 Å². The number of hydrogen-bond acceptors (Lipinski definition) is 9. The van der Waals surface area contributed by atoms with E-state index >= 15 is 0 Å². The van der Waals surface area contributed by atoms with Crippen LogP contribution in [0, 0.1) is 39.4 Å². The van der Waals surface area contributed by atoms with Gasteiger partial charge in [0.1, 0.15) is 24.0 Å². The Labute approximate surface area is 355 Å². The molecule has 12 nitrogen and oxygen atoms in total. The molecule has 13 heteroatoms. The normalized spacial score (nSPS) is 25.5. The lowest BCUT2D eigenvalue weighted by Crippen LogP contribution is -2.74. The molecule has 0 bridgehead atoms. The van der Waals surface area contributed by atoms with Gasteiger partial charge in [-0.3, -0.25) is 34.2 Å². The third-order valence-corrected chi connectivity index (χ3v) is 14.8. The summed E-state index contributed by atoms with van der Waals surface area (Å²) in [5, 5.41) is 15.1. The fourth-order valence-electron chi connectivity index (χ4n) is 11.7. The lowest BCUT2D eigenvalue weighted by molar-refractivity contribution is -0.164. The predicted octanol–water partition coefficient (Wildman–Crippen LogP) is 6.75. The van der Waals surface area contributed by atoms with Crippen LogP contribution in [0.2, 0.25) is 5.02 Å². The Balaban J connectivity index is 0.716. The molecular formula is C47H51ClN6O6. The third kappa shape index (κ3) is 6.79. The molecule has 2 aliphatic carbocycles. The molecule has 4 aliphatic heterocycles. The summed E-state index contributed by atoms with van der Waals surface area (Å²) in [5.74, 6) is -0.0269. The van der Waals surface area contributed by atoms with Crippen molar-refractivity contribution in [3.63, 3.8) is 0 Å². The number of ether oxygens (including phenoxy) is 1. The lowest BCUT2D eigenvalue weighted by Gasteiger charge is -2.63. The van der Waals surface area contributed by atoms with E-state index in [4.69, 9.17) is 16.3 Å². The van der Waals surface area contributed by atoms with Gasteiger partial charge < -0.3 is 19.9 Å². The summed E-state index contributed by atoms with van der Waals surface area (Å²) in [6.45, 7) is 12.3. The van der Waals surface area contributed by atoms with Gasteiger partial charge in [-0.1, -0.05) is 39.3 Å². The number of nitrogens with zero attached hydrogens (tertiary/aromatic N) is 4. The standard InChI is InChI=1S/C47H51ClN6O6/c1-45(2)43(46(3,4)44(45)60-33-11-7-30(24-49)36(48)21-33)51-39(56)29-5-8-31(9-6-29)53-25-47(26-53)22-28(23-47)19-27-15-17-52(18-16-27)32-10-12-34-35(20-32)42(59)54(41(34)58)37-13-14-38(55)50-40(37)57/h5-12,20-21,27-28,37,43-44H,13-19,22-23,25-26H2,1-4H3,(H,51,56)(H,50,55,57). The molecule has 1 atom stereocenters. The van der Waals surface area contributed by atoms with Gasteiger partial charge in [-0.05, 0) is 105 Å². The monoisotopic (exact) mass is 830 g/mol. The van der Waals surface area contributed by atoms with Gasteiger partial charge >= 0.3 is 0 Å². The number of hydrogen-bond donors (Lipinski definition) is 2. The van der Waals surface area contributed by atoms with Crippen molar-refractivity contribution in [3.8, 4) is 11.8 Å². The summed E-state index contributed by atoms with van der Waals surface area (Å²) in [5.41, 5.74) is 3.44. The average molecular weight is 831 g/mol. The minimum Gasteiger partial charge on any atom is -0.489 e. The maximum Gasteiger partial charge on any atom is 0.262 e. The lowest BCUT2D eigenvalue weighted by atomic mass is 9.49. The average Bonchev–Trinajstić information content (AvgIpc) is 3.44. The molecule has 9 rings (SSSR count). The number of fused-ring (bicyclic) bond motifs is 1. The van der Waals surface area contributed by atoms with E-state index in [1.165, 1.54) is 19.3 Å². The highest BCUT2D eigenvalue weighted by Crippen LogP contribution is 2.57. The van der Waals surface area contributed by atoms with Crippen molar-refractivity contribution in [3.05, 3.63) is 87.9 Å². The number of halogens is 1. The fourth-order valence-corrected chi connectivity index (χ4v) is 11.9. The number of amides is 5. The zero-order valence-electron chi connectivity index (χ0n) is 34.6. The second-order valence-electron chi connectivity index (χ2n) is 19.3. The molecule has 1 spiro atoms. The highest BCUT2D eigenvalue weighted by atomic mass is 35.5. The molecule has 0 aromatic heterocycles. The van der Waals surface area contributed by atoms with Crippen molar-refractivity contribution in [2.45, 2.75) is 90.8 Å². The molecular weight excluding hydrogens is 780 g/mol. The fraction of sp³-hybridized carbons (Fsp3) is 0.489. The van der Waals surface area contributed by atoms with Crippen LogP contribution in [0.25, 0.3) is 0 Å². The van der Waals surface area contributed by atoms with E-state index in [0.717, 1.165) is 61.2 Å². The number of anilines is 2. The van der Waals surface area contributed by atoms with Crippen LogP contribution >= 0.6 is 11.6 Å². The Kier molecular flexibility index (Phi) is 9.77. The smallest absolute Gasteiger partial charge is 0.262 e. The summed E-state index contributed by atoms with van der Waals surface area (Å²) >= 11 is 6.26. The van der Waals surface area contributed by atoms with Gasteiger partial charge in [-0.25, -0.2) is 0 Å². The molecule has 3 aromatic carbocycles. The minimum absolute atomic E-state index is 0.0985. The van der Waals surface area contributed by atoms with E-state index in [1.807, 2.05) is 18.2 Å². The second-order valence-corrected chi connectivity index (χ2v) is 19.7. The zero-order valence-corrected chi connectivity index (χ0v) is 35.3. The number of piperidine rings is 2. The number of carbonyl (C=O) groups is 5. The predicted molar refractivity (Wildman–Crippen MR) is 226 cm³/mol. The van der Waals surface area contributed by atoms with Crippen molar-refractivity contribution < 1.29 is 28.7 Å². The van der Waals surface area contributed by atoms with Gasteiger partial charge in [0.25, 0.3) is 17.7 Å². The Morgan fingerprint density at radius 2 is 1.52 bits per heavy atom. The highest BCUT2D eigenvalue weighted by Gasteiger charge is 2.64. The number of carbonyl (C=O) groups excluding carboxylic acids is 5. The van der Waals surface area contributed by atoms with Crippen LogP contribution in [0.15, 0.2) is 60.7 Å². The van der Waals surface area contributed by atoms with Crippen LogP contribution in [0.5, 0.6) is 5.75 Å². The molecule has 2 N–H and O–H groups in total. The summed E-state index contributed by atoms with van der Waals surface area (Å²) in [7, 11) is 0. The summed E-state index contributed by atoms with van der Waals surface area (Å²) in [4.78, 5) is 69.8. The van der Waals surface area contributed by atoms with Crippen molar-refractivity contribution in [1.82, 2.24) is 15.5 Å². The number of imide groups is 2. The van der Waals surface area contributed by atoms with Gasteiger partial charge in [0.2, 0.25) is 11.8 Å². The molecule has 60 heavy (non-hydrogen) atoms. The van der Waals surface area contributed by atoms with Crippen LogP contribution < -0.4 is 25.2 Å². The first-order valence-electron chi connectivity index (χ1n) is 21.2. The van der Waals surface area contributed by atoms with Gasteiger partial charge in [0.15, 0.2) is 0 Å². The number of rotatable bonds is 9. The Bertz CT molecular complexity index is 2320. The number of nitriles is 1. The van der Waals surface area contributed by atoms with E-state index in [9.17, 15) is 29.2 Å². The molecule has 6 aliphatic rings. The first-order chi connectivity index (χ1) is 28.6. The van der Waals surface area contributed by atoms with Crippen LogP contribution in [0.3, 0.4) is 0 Å². The van der Waals surface area contributed by atoms with E-state index in [0.29, 0.717) is 44.4 Å². The summed E-state index contributed by atoms with van der Waals surface area (Å²) in [6.07, 6.45) is 5.98. The summed E-state index contributed by atoms with van der Waals surface area (Å²) in [6, 6.07) is 19.5. The number of nitrogens with one attached hydrogen (secondary N) is 2. The highest BCUT2D eigenvalue weighted by molar-refractivity contribution is 6.31. The molecule has 2 saturated carbocycles. The molecule has 312 valence electrons. The Morgan fingerprint density at radius 3 is 2.17 bits per heavy atom.